The molecule has 4 nitrogen and oxygen atoms in total. The van der Waals surface area contributed by atoms with E-state index in [4.69, 9.17) is 5.26 Å². The molecule has 0 aliphatic carbocycles. The lowest BCUT2D eigenvalue weighted by atomic mass is 9.97. The second kappa shape index (κ2) is 6.59. The summed E-state index contributed by atoms with van der Waals surface area (Å²) in [5.74, 6) is 0.0714. The molecule has 21 heavy (non-hydrogen) atoms. The van der Waals surface area contributed by atoms with Crippen LogP contribution in [0.3, 0.4) is 0 Å². The first-order chi connectivity index (χ1) is 9.97. The highest BCUT2D eigenvalue weighted by molar-refractivity contribution is 7.89. The molecule has 1 aliphatic heterocycles. The molecule has 1 aliphatic rings. The summed E-state index contributed by atoms with van der Waals surface area (Å²) >= 11 is 0. The molecule has 1 heterocycles. The largest absolute Gasteiger partial charge is 0.214 e. The maximum atomic E-state index is 12.5. The van der Waals surface area contributed by atoms with Gasteiger partial charge in [-0.1, -0.05) is 18.2 Å². The number of rotatable bonds is 5. The van der Waals surface area contributed by atoms with Crippen molar-refractivity contribution in [2.45, 2.75) is 45.6 Å². The van der Waals surface area contributed by atoms with Crippen molar-refractivity contribution in [1.82, 2.24) is 4.31 Å². The van der Waals surface area contributed by atoms with Crippen molar-refractivity contribution in [1.29, 1.82) is 5.26 Å². The summed E-state index contributed by atoms with van der Waals surface area (Å²) in [6.45, 7) is 4.70. The molecule has 0 radical (unpaired) electrons. The van der Waals surface area contributed by atoms with Gasteiger partial charge in [0.05, 0.1) is 17.9 Å². The minimum atomic E-state index is -3.28. The van der Waals surface area contributed by atoms with Crippen molar-refractivity contribution in [3.63, 3.8) is 0 Å². The molecule has 0 unspecified atom stereocenters. The molecule has 0 amide bonds. The van der Waals surface area contributed by atoms with Crippen LogP contribution in [0.1, 0.15) is 48.4 Å². The van der Waals surface area contributed by atoms with Crippen molar-refractivity contribution < 1.29 is 8.42 Å². The Morgan fingerprint density at radius 3 is 2.86 bits per heavy atom. The zero-order chi connectivity index (χ0) is 15.5. The molecule has 1 fully saturated rings. The summed E-state index contributed by atoms with van der Waals surface area (Å²) in [7, 11) is -3.28. The Kier molecular flexibility index (Phi) is 5.02. The molecule has 0 saturated carbocycles. The van der Waals surface area contributed by atoms with Crippen LogP contribution in [0.4, 0.5) is 0 Å². The van der Waals surface area contributed by atoms with Crippen molar-refractivity contribution in [2.24, 2.45) is 0 Å². The normalized spacial score (nSPS) is 19.6. The first kappa shape index (κ1) is 16.0. The third-order valence-corrected chi connectivity index (χ3v) is 6.21. The smallest absolute Gasteiger partial charge is 0.212 e. The second-order valence-electron chi connectivity index (χ2n) is 5.64. The summed E-state index contributed by atoms with van der Waals surface area (Å²) in [6.07, 6.45) is 2.48. The summed E-state index contributed by atoms with van der Waals surface area (Å²) in [5, 5.41) is 8.57. The number of hydrogen-bond donors (Lipinski definition) is 0. The van der Waals surface area contributed by atoms with E-state index >= 15 is 0 Å². The van der Waals surface area contributed by atoms with Crippen molar-refractivity contribution in [3.05, 3.63) is 34.9 Å². The number of benzene rings is 1. The van der Waals surface area contributed by atoms with Crippen molar-refractivity contribution in [2.75, 3.05) is 12.3 Å². The Balaban J connectivity index is 2.25. The van der Waals surface area contributed by atoms with E-state index in [9.17, 15) is 8.42 Å². The highest BCUT2D eigenvalue weighted by Gasteiger charge is 2.35. The molecule has 1 atom stereocenters. The molecule has 0 bridgehead atoms. The second-order valence-corrected chi connectivity index (χ2v) is 7.68. The van der Waals surface area contributed by atoms with Gasteiger partial charge >= 0.3 is 0 Å². The summed E-state index contributed by atoms with van der Waals surface area (Å²) in [6, 6.07) is 8.05. The van der Waals surface area contributed by atoms with Crippen LogP contribution >= 0.6 is 0 Å². The Morgan fingerprint density at radius 1 is 1.38 bits per heavy atom. The average molecular weight is 306 g/mol. The van der Waals surface area contributed by atoms with Crippen LogP contribution in [0, 0.1) is 25.2 Å². The molecule has 1 aromatic rings. The first-order valence-corrected chi connectivity index (χ1v) is 9.01. The minimum absolute atomic E-state index is 0.0445. The fourth-order valence-corrected chi connectivity index (χ4v) is 4.73. The highest BCUT2D eigenvalue weighted by atomic mass is 32.2. The lowest BCUT2D eigenvalue weighted by Crippen LogP contribution is -2.33. The average Bonchev–Trinajstić information content (AvgIpc) is 2.92. The van der Waals surface area contributed by atoms with E-state index in [1.165, 1.54) is 11.1 Å². The predicted molar refractivity (Wildman–Crippen MR) is 83.2 cm³/mol. The minimum Gasteiger partial charge on any atom is -0.212 e. The zero-order valence-corrected chi connectivity index (χ0v) is 13.5. The van der Waals surface area contributed by atoms with Crippen LogP contribution in [0.25, 0.3) is 0 Å². The van der Waals surface area contributed by atoms with Gasteiger partial charge in [-0.2, -0.15) is 9.57 Å². The number of nitrogens with zero attached hydrogens (tertiary/aromatic N) is 2. The quantitative estimate of drug-likeness (QED) is 0.785. The molecule has 1 saturated heterocycles. The van der Waals surface area contributed by atoms with Crippen LogP contribution < -0.4 is 0 Å². The van der Waals surface area contributed by atoms with Crippen molar-refractivity contribution in [3.8, 4) is 6.07 Å². The van der Waals surface area contributed by atoms with Crippen LogP contribution in [0.5, 0.6) is 0 Å². The molecule has 0 aromatic heterocycles. The molecule has 1 aromatic carbocycles. The SMILES string of the molecule is Cc1cccc([C@H]2CCCN2S(=O)(=O)CCCC#N)c1C. The zero-order valence-electron chi connectivity index (χ0n) is 12.7. The number of sulfonamides is 1. The standard InChI is InChI=1S/C16H22N2O2S/c1-13-7-5-8-15(14(13)2)16-9-6-11-18(16)21(19,20)12-4-3-10-17/h5,7-8,16H,3-4,6,9,11-12H2,1-2H3/t16-/m1/s1. The topological polar surface area (TPSA) is 61.2 Å². The van der Waals surface area contributed by atoms with Gasteiger partial charge in [0.1, 0.15) is 0 Å². The van der Waals surface area contributed by atoms with E-state index in [0.29, 0.717) is 19.4 Å². The van der Waals surface area contributed by atoms with Gasteiger partial charge in [0.15, 0.2) is 0 Å². The van der Waals surface area contributed by atoms with Gasteiger partial charge in [-0.15, -0.1) is 0 Å². The number of unbranched alkanes of at least 4 members (excludes halogenated alkanes) is 1. The summed E-state index contributed by atoms with van der Waals surface area (Å²) < 4.78 is 26.7. The molecule has 5 heteroatoms. The van der Waals surface area contributed by atoms with E-state index in [1.54, 1.807) is 4.31 Å². The van der Waals surface area contributed by atoms with Gasteiger partial charge in [-0.25, -0.2) is 8.42 Å². The number of nitriles is 1. The summed E-state index contributed by atoms with van der Waals surface area (Å²) in [4.78, 5) is 0. The van der Waals surface area contributed by atoms with Gasteiger partial charge in [-0.3, -0.25) is 0 Å². The Hall–Kier alpha value is -1.38. The van der Waals surface area contributed by atoms with E-state index in [2.05, 4.69) is 19.9 Å². The lowest BCUT2D eigenvalue weighted by Gasteiger charge is -2.26. The molecule has 114 valence electrons. The number of hydrogen-bond acceptors (Lipinski definition) is 3. The van der Waals surface area contributed by atoms with Gasteiger partial charge in [0, 0.05) is 13.0 Å². The maximum absolute atomic E-state index is 12.5. The molecule has 0 N–H and O–H groups in total. The fourth-order valence-electron chi connectivity index (χ4n) is 2.97. The molecular weight excluding hydrogens is 284 g/mol. The van der Waals surface area contributed by atoms with Crippen LogP contribution in [0.2, 0.25) is 0 Å². The van der Waals surface area contributed by atoms with Crippen LogP contribution in [-0.4, -0.2) is 25.0 Å². The monoisotopic (exact) mass is 306 g/mol. The maximum Gasteiger partial charge on any atom is 0.214 e. The Labute approximate surface area is 127 Å². The van der Waals surface area contributed by atoms with E-state index in [1.807, 2.05) is 18.2 Å². The fraction of sp³-hybridized carbons (Fsp3) is 0.562. The van der Waals surface area contributed by atoms with E-state index in [0.717, 1.165) is 18.4 Å². The van der Waals surface area contributed by atoms with Gasteiger partial charge in [0.25, 0.3) is 0 Å². The van der Waals surface area contributed by atoms with Crippen LogP contribution in [0.15, 0.2) is 18.2 Å². The Morgan fingerprint density at radius 2 is 2.14 bits per heavy atom. The predicted octanol–water partition coefficient (Wildman–Crippen LogP) is 3.07. The van der Waals surface area contributed by atoms with E-state index < -0.39 is 10.0 Å². The van der Waals surface area contributed by atoms with Gasteiger partial charge in [-0.05, 0) is 49.8 Å². The van der Waals surface area contributed by atoms with Gasteiger partial charge < -0.3 is 0 Å². The highest BCUT2D eigenvalue weighted by Crippen LogP contribution is 2.36. The summed E-state index contributed by atoms with van der Waals surface area (Å²) in [5.41, 5.74) is 3.50. The third-order valence-electron chi connectivity index (χ3n) is 4.26. The lowest BCUT2D eigenvalue weighted by molar-refractivity contribution is 0.395. The molecule has 2 rings (SSSR count). The number of aryl methyl sites for hydroxylation is 1. The van der Waals surface area contributed by atoms with Crippen molar-refractivity contribution >= 4 is 10.0 Å². The Bertz CT molecular complexity index is 647. The third kappa shape index (κ3) is 3.45. The van der Waals surface area contributed by atoms with Crippen LogP contribution in [-0.2, 0) is 10.0 Å². The van der Waals surface area contributed by atoms with Gasteiger partial charge in [0.2, 0.25) is 10.0 Å². The van der Waals surface area contributed by atoms with E-state index in [-0.39, 0.29) is 11.8 Å². The first-order valence-electron chi connectivity index (χ1n) is 7.40. The molecular formula is C16H22N2O2S. The molecule has 0 spiro atoms.